The minimum atomic E-state index is -0.816. The Morgan fingerprint density at radius 1 is 1.30 bits per heavy atom. The highest BCUT2D eigenvalue weighted by Crippen LogP contribution is 2.25. The SMILES string of the molecule is Cc1ccc(-c2cn3cc(CC(=O)O)sc3n2)cc1C. The van der Waals surface area contributed by atoms with E-state index in [1.807, 2.05) is 16.8 Å². The summed E-state index contributed by atoms with van der Waals surface area (Å²) in [6.07, 6.45) is 3.83. The largest absolute Gasteiger partial charge is 0.481 e. The molecule has 1 N–H and O–H groups in total. The fraction of sp³-hybridized carbons (Fsp3) is 0.200. The van der Waals surface area contributed by atoms with Crippen LogP contribution in [0, 0.1) is 13.8 Å². The van der Waals surface area contributed by atoms with Gasteiger partial charge in [-0.2, -0.15) is 0 Å². The Hall–Kier alpha value is -2.14. The highest BCUT2D eigenvalue weighted by molar-refractivity contribution is 7.17. The van der Waals surface area contributed by atoms with Crippen molar-refractivity contribution in [3.05, 3.63) is 46.6 Å². The molecule has 0 atom stereocenters. The van der Waals surface area contributed by atoms with Crippen LogP contribution in [0.2, 0.25) is 0 Å². The highest BCUT2D eigenvalue weighted by atomic mass is 32.1. The molecule has 0 spiro atoms. The maximum absolute atomic E-state index is 10.7. The standard InChI is InChI=1S/C15H14N2O2S/c1-9-3-4-11(5-10(9)2)13-8-17-7-12(6-14(18)19)20-15(17)16-13/h3-5,7-8H,6H2,1-2H3,(H,18,19). The first-order valence-corrected chi connectivity index (χ1v) is 7.11. The van der Waals surface area contributed by atoms with E-state index in [4.69, 9.17) is 5.11 Å². The Morgan fingerprint density at radius 2 is 2.10 bits per heavy atom. The molecule has 0 aliphatic rings. The van der Waals surface area contributed by atoms with Crippen LogP contribution >= 0.6 is 11.3 Å². The predicted molar refractivity (Wildman–Crippen MR) is 79.3 cm³/mol. The zero-order valence-electron chi connectivity index (χ0n) is 11.3. The van der Waals surface area contributed by atoms with Gasteiger partial charge in [-0.05, 0) is 31.0 Å². The summed E-state index contributed by atoms with van der Waals surface area (Å²) in [5, 5.41) is 8.80. The first-order chi connectivity index (χ1) is 9.52. The lowest BCUT2D eigenvalue weighted by Crippen LogP contribution is -1.97. The third-order valence-corrected chi connectivity index (χ3v) is 4.33. The van der Waals surface area contributed by atoms with Gasteiger partial charge in [0.2, 0.25) is 0 Å². The Labute approximate surface area is 120 Å². The molecular formula is C15H14N2O2S. The van der Waals surface area contributed by atoms with Gasteiger partial charge in [-0.1, -0.05) is 12.1 Å². The lowest BCUT2D eigenvalue weighted by molar-refractivity contribution is -0.136. The molecule has 102 valence electrons. The molecular weight excluding hydrogens is 272 g/mol. The molecule has 20 heavy (non-hydrogen) atoms. The van der Waals surface area contributed by atoms with E-state index in [0.29, 0.717) is 0 Å². The molecule has 3 rings (SSSR count). The van der Waals surface area contributed by atoms with Gasteiger partial charge in [0, 0.05) is 22.8 Å². The van der Waals surface area contributed by atoms with Crippen LogP contribution in [0.4, 0.5) is 0 Å². The molecule has 1 aromatic carbocycles. The molecule has 4 nitrogen and oxygen atoms in total. The Bertz CT molecular complexity index is 770. The van der Waals surface area contributed by atoms with Gasteiger partial charge in [0.05, 0.1) is 12.1 Å². The van der Waals surface area contributed by atoms with Crippen molar-refractivity contribution in [3.8, 4) is 11.3 Å². The molecule has 0 amide bonds. The van der Waals surface area contributed by atoms with E-state index in [0.717, 1.165) is 21.1 Å². The third-order valence-electron chi connectivity index (χ3n) is 3.33. The number of benzene rings is 1. The minimum absolute atomic E-state index is 0.0486. The van der Waals surface area contributed by atoms with Crippen molar-refractivity contribution in [1.82, 2.24) is 9.38 Å². The molecule has 0 saturated heterocycles. The number of nitrogens with zero attached hydrogens (tertiary/aromatic N) is 2. The van der Waals surface area contributed by atoms with E-state index in [-0.39, 0.29) is 6.42 Å². The number of carboxylic acid groups (broad SMARTS) is 1. The number of hydrogen-bond donors (Lipinski definition) is 1. The van der Waals surface area contributed by atoms with Gasteiger partial charge in [-0.3, -0.25) is 9.20 Å². The van der Waals surface area contributed by atoms with E-state index in [9.17, 15) is 4.79 Å². The second-order valence-electron chi connectivity index (χ2n) is 4.88. The monoisotopic (exact) mass is 286 g/mol. The average Bonchev–Trinajstić information content (AvgIpc) is 2.89. The molecule has 2 aromatic heterocycles. The number of fused-ring (bicyclic) bond motifs is 1. The summed E-state index contributed by atoms with van der Waals surface area (Å²) in [5.74, 6) is -0.816. The normalized spacial score (nSPS) is 11.1. The summed E-state index contributed by atoms with van der Waals surface area (Å²) in [6.45, 7) is 4.17. The van der Waals surface area contributed by atoms with Gasteiger partial charge in [-0.25, -0.2) is 4.98 Å². The van der Waals surface area contributed by atoms with Crippen LogP contribution in [0.3, 0.4) is 0 Å². The zero-order valence-corrected chi connectivity index (χ0v) is 12.1. The van der Waals surface area contributed by atoms with Crippen molar-refractivity contribution in [3.63, 3.8) is 0 Å². The molecule has 0 saturated carbocycles. The van der Waals surface area contributed by atoms with E-state index >= 15 is 0 Å². The maximum Gasteiger partial charge on any atom is 0.308 e. The molecule has 2 heterocycles. The smallest absolute Gasteiger partial charge is 0.308 e. The van der Waals surface area contributed by atoms with Crippen LogP contribution < -0.4 is 0 Å². The van der Waals surface area contributed by atoms with Crippen molar-refractivity contribution >= 4 is 22.3 Å². The predicted octanol–water partition coefficient (Wildman–Crippen LogP) is 3.31. The Balaban J connectivity index is 1.98. The van der Waals surface area contributed by atoms with E-state index in [2.05, 4.69) is 37.0 Å². The van der Waals surface area contributed by atoms with Crippen LogP contribution in [0.25, 0.3) is 16.2 Å². The van der Waals surface area contributed by atoms with Crippen LogP contribution in [0.15, 0.2) is 30.6 Å². The molecule has 0 fully saturated rings. The quantitative estimate of drug-likeness (QED) is 0.803. The average molecular weight is 286 g/mol. The van der Waals surface area contributed by atoms with Crippen LogP contribution in [0.1, 0.15) is 16.0 Å². The number of imidazole rings is 1. The molecule has 0 aliphatic carbocycles. The first-order valence-electron chi connectivity index (χ1n) is 6.30. The second-order valence-corrected chi connectivity index (χ2v) is 5.98. The van der Waals surface area contributed by atoms with Gasteiger partial charge in [-0.15, -0.1) is 11.3 Å². The summed E-state index contributed by atoms with van der Waals surface area (Å²) in [4.78, 5) is 16.9. The third kappa shape index (κ3) is 2.32. The summed E-state index contributed by atoms with van der Waals surface area (Å²) in [5.41, 5.74) is 4.51. The zero-order chi connectivity index (χ0) is 14.3. The molecule has 0 bridgehead atoms. The highest BCUT2D eigenvalue weighted by Gasteiger charge is 2.10. The number of carbonyl (C=O) groups is 1. The van der Waals surface area contributed by atoms with Crippen molar-refractivity contribution in [2.24, 2.45) is 0 Å². The topological polar surface area (TPSA) is 54.6 Å². The number of aryl methyl sites for hydroxylation is 2. The van der Waals surface area contributed by atoms with Crippen LogP contribution in [-0.2, 0) is 11.2 Å². The number of thiazole rings is 1. The fourth-order valence-corrected chi connectivity index (χ4v) is 3.07. The maximum atomic E-state index is 10.7. The lowest BCUT2D eigenvalue weighted by atomic mass is 10.1. The van der Waals surface area contributed by atoms with Gasteiger partial charge < -0.3 is 5.11 Å². The van der Waals surface area contributed by atoms with Crippen LogP contribution in [0.5, 0.6) is 0 Å². The summed E-state index contributed by atoms with van der Waals surface area (Å²) in [7, 11) is 0. The van der Waals surface area contributed by atoms with E-state index in [1.54, 1.807) is 0 Å². The number of aliphatic carboxylic acids is 1. The minimum Gasteiger partial charge on any atom is -0.481 e. The number of rotatable bonds is 3. The molecule has 0 aliphatic heterocycles. The fourth-order valence-electron chi connectivity index (χ4n) is 2.11. The van der Waals surface area contributed by atoms with Crippen LogP contribution in [-0.4, -0.2) is 20.5 Å². The summed E-state index contributed by atoms with van der Waals surface area (Å²) < 4.78 is 1.90. The van der Waals surface area contributed by atoms with Crippen molar-refractivity contribution in [2.45, 2.75) is 20.3 Å². The van der Waals surface area contributed by atoms with Gasteiger partial charge in [0.25, 0.3) is 0 Å². The van der Waals surface area contributed by atoms with Crippen molar-refractivity contribution < 1.29 is 9.90 Å². The lowest BCUT2D eigenvalue weighted by Gasteiger charge is -2.02. The second kappa shape index (κ2) is 4.76. The Kier molecular flexibility index (Phi) is 3.06. The molecule has 0 radical (unpaired) electrons. The number of carboxylic acids is 1. The molecule has 5 heteroatoms. The van der Waals surface area contributed by atoms with Gasteiger partial charge in [0.15, 0.2) is 4.96 Å². The van der Waals surface area contributed by atoms with Crippen molar-refractivity contribution in [1.29, 1.82) is 0 Å². The van der Waals surface area contributed by atoms with E-state index < -0.39 is 5.97 Å². The number of aromatic nitrogens is 2. The van der Waals surface area contributed by atoms with Gasteiger partial charge >= 0.3 is 5.97 Å². The van der Waals surface area contributed by atoms with Gasteiger partial charge in [0.1, 0.15) is 0 Å². The Morgan fingerprint density at radius 3 is 2.75 bits per heavy atom. The molecule has 3 aromatic rings. The van der Waals surface area contributed by atoms with Crippen molar-refractivity contribution in [2.75, 3.05) is 0 Å². The molecule has 0 unspecified atom stereocenters. The summed E-state index contributed by atoms with van der Waals surface area (Å²) >= 11 is 1.42. The number of hydrogen-bond acceptors (Lipinski definition) is 3. The van der Waals surface area contributed by atoms with E-state index in [1.165, 1.54) is 22.5 Å². The summed E-state index contributed by atoms with van der Waals surface area (Å²) in [6, 6.07) is 6.28. The first kappa shape index (κ1) is 12.9.